The van der Waals surface area contributed by atoms with Gasteiger partial charge in [0.25, 0.3) is 11.8 Å². The minimum Gasteiger partial charge on any atom is -0.268 e. The predicted molar refractivity (Wildman–Crippen MR) is 112 cm³/mol. The number of benzene rings is 2. The second kappa shape index (κ2) is 7.35. The topological polar surface area (TPSA) is 37.4 Å². The number of rotatable bonds is 4. The van der Waals surface area contributed by atoms with E-state index >= 15 is 0 Å². The molecule has 0 bridgehead atoms. The van der Waals surface area contributed by atoms with Crippen LogP contribution >= 0.6 is 34.7 Å². The van der Waals surface area contributed by atoms with Crippen molar-refractivity contribution in [1.29, 1.82) is 0 Å². The summed E-state index contributed by atoms with van der Waals surface area (Å²) in [7, 11) is 0. The van der Waals surface area contributed by atoms with Crippen LogP contribution in [0.25, 0.3) is 5.57 Å². The van der Waals surface area contributed by atoms with Gasteiger partial charge in [-0.1, -0.05) is 47.6 Å². The van der Waals surface area contributed by atoms with Crippen molar-refractivity contribution in [3.8, 4) is 0 Å². The van der Waals surface area contributed by atoms with Gasteiger partial charge in [-0.05, 0) is 54.3 Å². The summed E-state index contributed by atoms with van der Waals surface area (Å²) in [6.07, 6.45) is 0. The number of imide groups is 1. The van der Waals surface area contributed by atoms with E-state index in [4.69, 9.17) is 11.6 Å². The summed E-state index contributed by atoms with van der Waals surface area (Å²) in [6.45, 7) is 1.84. The fourth-order valence-electron chi connectivity index (χ4n) is 2.94. The number of carbonyl (C=O) groups excluding carboxylic acids is 2. The van der Waals surface area contributed by atoms with E-state index in [0.717, 1.165) is 15.3 Å². The van der Waals surface area contributed by atoms with E-state index < -0.39 is 0 Å². The van der Waals surface area contributed by atoms with Crippen LogP contribution in [0.2, 0.25) is 5.02 Å². The zero-order valence-electron chi connectivity index (χ0n) is 14.3. The number of anilines is 1. The minimum absolute atomic E-state index is 0.300. The van der Waals surface area contributed by atoms with Gasteiger partial charge in [0.15, 0.2) is 0 Å². The molecule has 2 aromatic carbocycles. The van der Waals surface area contributed by atoms with E-state index in [2.05, 4.69) is 0 Å². The highest BCUT2D eigenvalue weighted by Crippen LogP contribution is 2.43. The quantitative estimate of drug-likeness (QED) is 0.510. The third-order valence-electron chi connectivity index (χ3n) is 4.17. The van der Waals surface area contributed by atoms with E-state index in [1.54, 1.807) is 18.2 Å². The molecular weight excluding hydrogens is 398 g/mol. The summed E-state index contributed by atoms with van der Waals surface area (Å²) in [5, 5.41) is 2.47. The molecule has 1 aliphatic heterocycles. The molecule has 0 unspecified atom stereocenters. The van der Waals surface area contributed by atoms with Crippen molar-refractivity contribution in [2.75, 3.05) is 4.90 Å². The lowest BCUT2D eigenvalue weighted by Gasteiger charge is -2.17. The number of aryl methyl sites for hydroxylation is 1. The van der Waals surface area contributed by atoms with E-state index in [0.29, 0.717) is 21.2 Å². The lowest BCUT2D eigenvalue weighted by molar-refractivity contribution is -0.119. The molecule has 1 aliphatic rings. The first kappa shape index (κ1) is 18.0. The molecule has 0 saturated carbocycles. The van der Waals surface area contributed by atoms with Crippen LogP contribution in [0.3, 0.4) is 0 Å². The van der Waals surface area contributed by atoms with E-state index in [1.807, 2.05) is 54.8 Å². The standard InChI is InChI=1S/C21H14ClNO2S2/c1-13-12-14(22)9-10-16(13)23-20(24)18(17-8-5-11-26-17)19(21(23)25)27-15-6-3-2-4-7-15/h2-12H,1H3. The number of hydrogen-bond acceptors (Lipinski definition) is 4. The maximum atomic E-state index is 13.3. The number of thiophene rings is 1. The summed E-state index contributed by atoms with van der Waals surface area (Å²) < 4.78 is 0. The molecule has 3 aromatic rings. The Bertz CT molecular complexity index is 1060. The van der Waals surface area contributed by atoms with Gasteiger partial charge in [-0.25, -0.2) is 4.90 Å². The SMILES string of the molecule is Cc1cc(Cl)ccc1N1C(=O)C(Sc2ccccc2)=C(c2cccs2)C1=O. The van der Waals surface area contributed by atoms with Crippen molar-refractivity contribution in [2.45, 2.75) is 11.8 Å². The van der Waals surface area contributed by atoms with Crippen LogP contribution < -0.4 is 4.90 Å². The summed E-state index contributed by atoms with van der Waals surface area (Å²) in [5.41, 5.74) is 1.80. The fraction of sp³-hybridized carbons (Fsp3) is 0.0476. The Hall–Kier alpha value is -2.34. The Morgan fingerprint density at radius 2 is 1.74 bits per heavy atom. The van der Waals surface area contributed by atoms with Crippen molar-refractivity contribution < 1.29 is 9.59 Å². The number of hydrogen-bond donors (Lipinski definition) is 0. The number of nitrogens with zero attached hydrogens (tertiary/aromatic N) is 1. The number of carbonyl (C=O) groups is 2. The third-order valence-corrected chi connectivity index (χ3v) is 6.38. The predicted octanol–water partition coefficient (Wildman–Crippen LogP) is 5.79. The van der Waals surface area contributed by atoms with Gasteiger partial charge < -0.3 is 0 Å². The Morgan fingerprint density at radius 1 is 0.963 bits per heavy atom. The maximum absolute atomic E-state index is 13.3. The molecule has 0 saturated heterocycles. The van der Waals surface area contributed by atoms with E-state index in [9.17, 15) is 9.59 Å². The Balaban J connectivity index is 1.82. The molecule has 1 aromatic heterocycles. The molecule has 6 heteroatoms. The van der Waals surface area contributed by atoms with E-state index in [-0.39, 0.29) is 11.8 Å². The van der Waals surface area contributed by atoms with Crippen LogP contribution in [0.4, 0.5) is 5.69 Å². The molecule has 0 aliphatic carbocycles. The summed E-state index contributed by atoms with van der Waals surface area (Å²) >= 11 is 8.82. The van der Waals surface area contributed by atoms with Gasteiger partial charge in [-0.2, -0.15) is 0 Å². The average Bonchev–Trinajstić information content (AvgIpc) is 3.25. The third kappa shape index (κ3) is 3.34. The highest BCUT2D eigenvalue weighted by atomic mass is 35.5. The first-order valence-corrected chi connectivity index (χ1v) is 10.3. The van der Waals surface area contributed by atoms with Gasteiger partial charge in [0.1, 0.15) is 0 Å². The molecule has 27 heavy (non-hydrogen) atoms. The van der Waals surface area contributed by atoms with Gasteiger partial charge in [0, 0.05) is 14.8 Å². The molecular formula is C21H14ClNO2S2. The van der Waals surface area contributed by atoms with Crippen LogP contribution in [0.5, 0.6) is 0 Å². The van der Waals surface area contributed by atoms with Crippen LogP contribution in [0, 0.1) is 6.92 Å². The fourth-order valence-corrected chi connectivity index (χ4v) is 5.00. The monoisotopic (exact) mass is 411 g/mol. The molecule has 2 heterocycles. The van der Waals surface area contributed by atoms with Gasteiger partial charge in [0.2, 0.25) is 0 Å². The van der Waals surface area contributed by atoms with Crippen molar-refractivity contribution in [1.82, 2.24) is 0 Å². The first-order valence-electron chi connectivity index (χ1n) is 8.22. The Kier molecular flexibility index (Phi) is 4.91. The highest BCUT2D eigenvalue weighted by molar-refractivity contribution is 8.04. The molecule has 4 rings (SSSR count). The van der Waals surface area contributed by atoms with Gasteiger partial charge >= 0.3 is 0 Å². The second-order valence-corrected chi connectivity index (χ2v) is 8.44. The molecule has 0 fully saturated rings. The number of halogens is 1. The largest absolute Gasteiger partial charge is 0.272 e. The first-order chi connectivity index (χ1) is 13.1. The molecule has 0 N–H and O–H groups in total. The molecule has 0 atom stereocenters. The molecule has 3 nitrogen and oxygen atoms in total. The average molecular weight is 412 g/mol. The van der Waals surface area contributed by atoms with Gasteiger partial charge in [-0.15, -0.1) is 11.3 Å². The maximum Gasteiger partial charge on any atom is 0.272 e. The normalized spacial score (nSPS) is 14.4. The molecule has 0 radical (unpaired) electrons. The number of thioether (sulfide) groups is 1. The van der Waals surface area contributed by atoms with Crippen molar-refractivity contribution >= 4 is 57.8 Å². The lowest BCUT2D eigenvalue weighted by atomic mass is 10.1. The Labute approximate surface area is 170 Å². The van der Waals surface area contributed by atoms with Crippen molar-refractivity contribution in [2.24, 2.45) is 0 Å². The summed E-state index contributed by atoms with van der Waals surface area (Å²) in [4.78, 5) is 29.9. The summed E-state index contributed by atoms with van der Waals surface area (Å²) in [6, 6.07) is 18.5. The molecule has 2 amide bonds. The lowest BCUT2D eigenvalue weighted by Crippen LogP contribution is -2.31. The van der Waals surface area contributed by atoms with Gasteiger partial charge in [0.05, 0.1) is 16.2 Å². The van der Waals surface area contributed by atoms with Crippen LogP contribution in [0.15, 0.2) is 75.8 Å². The zero-order chi connectivity index (χ0) is 19.0. The van der Waals surface area contributed by atoms with Crippen LogP contribution in [-0.4, -0.2) is 11.8 Å². The van der Waals surface area contributed by atoms with Crippen molar-refractivity contribution in [3.05, 3.63) is 86.4 Å². The van der Waals surface area contributed by atoms with E-state index in [1.165, 1.54) is 28.0 Å². The molecule has 134 valence electrons. The summed E-state index contributed by atoms with van der Waals surface area (Å²) in [5.74, 6) is -0.603. The smallest absolute Gasteiger partial charge is 0.268 e. The Morgan fingerprint density at radius 3 is 2.41 bits per heavy atom. The van der Waals surface area contributed by atoms with Crippen molar-refractivity contribution in [3.63, 3.8) is 0 Å². The van der Waals surface area contributed by atoms with Gasteiger partial charge in [-0.3, -0.25) is 9.59 Å². The van der Waals surface area contributed by atoms with Crippen LogP contribution in [0.1, 0.15) is 10.4 Å². The highest BCUT2D eigenvalue weighted by Gasteiger charge is 2.41. The number of amides is 2. The van der Waals surface area contributed by atoms with Crippen LogP contribution in [-0.2, 0) is 9.59 Å². The molecule has 0 spiro atoms. The second-order valence-electron chi connectivity index (χ2n) is 5.97. The zero-order valence-corrected chi connectivity index (χ0v) is 16.7. The minimum atomic E-state index is -0.303.